The summed E-state index contributed by atoms with van der Waals surface area (Å²) in [5.41, 5.74) is 2.45. The number of hydrogen-bond donors (Lipinski definition) is 0. The largest absolute Gasteiger partial charge is 0.290 e. The number of carbonyl (C=O) groups is 1. The Bertz CT molecular complexity index is 795. The molecule has 0 radical (unpaired) electrons. The van der Waals surface area contributed by atoms with E-state index in [4.69, 9.17) is 0 Å². The second kappa shape index (κ2) is 6.01. The van der Waals surface area contributed by atoms with Crippen LogP contribution in [0.1, 0.15) is 26.3 Å². The van der Waals surface area contributed by atoms with E-state index in [0.29, 0.717) is 16.9 Å². The lowest BCUT2D eigenvalue weighted by molar-refractivity contribution is -0.111. The van der Waals surface area contributed by atoms with E-state index in [-0.39, 0.29) is 16.6 Å². The SMILES string of the molecule is CC1=C/C(=N\S(=O)(=O)c2ccc(C)cc2)C(C(C)C)=CC1=O. The van der Waals surface area contributed by atoms with Crippen molar-refractivity contribution in [3.8, 4) is 0 Å². The molecule has 0 saturated heterocycles. The van der Waals surface area contributed by atoms with Crippen LogP contribution in [0.2, 0.25) is 0 Å². The Morgan fingerprint density at radius 2 is 1.59 bits per heavy atom. The Labute approximate surface area is 131 Å². The van der Waals surface area contributed by atoms with Crippen LogP contribution in [0.25, 0.3) is 0 Å². The Hall–Kier alpha value is -2.01. The standard InChI is InChI=1S/C17H19NO3S/c1-11(2)15-10-17(19)13(4)9-16(15)18-22(20,21)14-7-5-12(3)6-8-14/h5-11H,1-4H3/b18-16+. The summed E-state index contributed by atoms with van der Waals surface area (Å²) >= 11 is 0. The molecule has 0 aliphatic heterocycles. The molecule has 0 fully saturated rings. The Kier molecular flexibility index (Phi) is 4.47. The van der Waals surface area contributed by atoms with Crippen LogP contribution in [0, 0.1) is 12.8 Å². The highest BCUT2D eigenvalue weighted by molar-refractivity contribution is 7.90. The van der Waals surface area contributed by atoms with Gasteiger partial charge in [-0.1, -0.05) is 31.5 Å². The molecule has 2 rings (SSSR count). The quantitative estimate of drug-likeness (QED) is 0.804. The van der Waals surface area contributed by atoms with Gasteiger partial charge in [0.05, 0.1) is 10.6 Å². The van der Waals surface area contributed by atoms with Crippen molar-refractivity contribution in [3.63, 3.8) is 0 Å². The molecule has 1 aliphatic rings. The highest BCUT2D eigenvalue weighted by Gasteiger charge is 2.22. The molecule has 0 saturated carbocycles. The zero-order chi connectivity index (χ0) is 16.5. The highest BCUT2D eigenvalue weighted by atomic mass is 32.2. The van der Waals surface area contributed by atoms with E-state index in [1.54, 1.807) is 25.1 Å². The fourth-order valence-electron chi connectivity index (χ4n) is 2.12. The van der Waals surface area contributed by atoms with Crippen LogP contribution in [-0.2, 0) is 14.8 Å². The summed E-state index contributed by atoms with van der Waals surface area (Å²) in [5.74, 6) is -0.0874. The minimum atomic E-state index is -3.79. The van der Waals surface area contributed by atoms with Crippen molar-refractivity contribution in [3.05, 3.63) is 53.1 Å². The first-order valence-corrected chi connectivity index (χ1v) is 8.51. The lowest BCUT2D eigenvalue weighted by atomic mass is 9.90. The maximum atomic E-state index is 12.4. The number of nitrogens with zero attached hydrogens (tertiary/aromatic N) is 1. The molecule has 0 N–H and O–H groups in total. The number of ketones is 1. The monoisotopic (exact) mass is 317 g/mol. The lowest BCUT2D eigenvalue weighted by Gasteiger charge is -2.16. The average molecular weight is 317 g/mol. The summed E-state index contributed by atoms with van der Waals surface area (Å²) in [6.07, 6.45) is 3.02. The topological polar surface area (TPSA) is 63.6 Å². The zero-order valence-corrected chi connectivity index (χ0v) is 13.9. The minimum absolute atomic E-state index is 0.0141. The van der Waals surface area contributed by atoms with E-state index in [2.05, 4.69) is 4.40 Å². The van der Waals surface area contributed by atoms with Crippen molar-refractivity contribution in [1.29, 1.82) is 0 Å². The van der Waals surface area contributed by atoms with Crippen molar-refractivity contribution in [2.75, 3.05) is 0 Å². The van der Waals surface area contributed by atoms with Crippen LogP contribution in [0.5, 0.6) is 0 Å². The van der Waals surface area contributed by atoms with Crippen molar-refractivity contribution < 1.29 is 13.2 Å². The highest BCUT2D eigenvalue weighted by Crippen LogP contribution is 2.22. The first kappa shape index (κ1) is 16.4. The normalized spacial score (nSPS) is 17.7. The van der Waals surface area contributed by atoms with Gasteiger partial charge in [-0.05, 0) is 55.2 Å². The van der Waals surface area contributed by atoms with Crippen molar-refractivity contribution in [2.24, 2.45) is 10.3 Å². The summed E-state index contributed by atoms with van der Waals surface area (Å²) in [5, 5.41) is 0. The van der Waals surface area contributed by atoms with Crippen LogP contribution < -0.4 is 0 Å². The predicted octanol–water partition coefficient (Wildman–Crippen LogP) is 3.24. The maximum Gasteiger partial charge on any atom is 0.282 e. The molecule has 4 nitrogen and oxygen atoms in total. The lowest BCUT2D eigenvalue weighted by Crippen LogP contribution is -2.17. The van der Waals surface area contributed by atoms with Crippen molar-refractivity contribution in [1.82, 2.24) is 0 Å². The molecule has 1 aromatic rings. The van der Waals surface area contributed by atoms with E-state index < -0.39 is 10.0 Å². The van der Waals surface area contributed by atoms with E-state index >= 15 is 0 Å². The number of carbonyl (C=O) groups excluding carboxylic acids is 1. The van der Waals surface area contributed by atoms with Gasteiger partial charge in [-0.25, -0.2) is 0 Å². The van der Waals surface area contributed by atoms with Crippen molar-refractivity contribution in [2.45, 2.75) is 32.6 Å². The van der Waals surface area contributed by atoms with E-state index in [0.717, 1.165) is 5.56 Å². The first-order valence-electron chi connectivity index (χ1n) is 7.07. The van der Waals surface area contributed by atoms with Gasteiger partial charge in [0.15, 0.2) is 5.78 Å². The summed E-state index contributed by atoms with van der Waals surface area (Å²) in [6, 6.07) is 6.55. The molecular formula is C17H19NO3S. The molecule has 0 atom stereocenters. The van der Waals surface area contributed by atoms with Gasteiger partial charge in [0.25, 0.3) is 10.0 Å². The van der Waals surface area contributed by atoms with Gasteiger partial charge < -0.3 is 0 Å². The predicted molar refractivity (Wildman–Crippen MR) is 87.5 cm³/mol. The third-order valence-corrected chi connectivity index (χ3v) is 4.79. The molecule has 0 unspecified atom stereocenters. The zero-order valence-electron chi connectivity index (χ0n) is 13.1. The van der Waals surface area contributed by atoms with E-state index in [1.165, 1.54) is 18.2 Å². The smallest absolute Gasteiger partial charge is 0.282 e. The summed E-state index contributed by atoms with van der Waals surface area (Å²) in [6.45, 7) is 7.36. The number of hydrogen-bond acceptors (Lipinski definition) is 3. The van der Waals surface area contributed by atoms with Gasteiger partial charge in [-0.15, -0.1) is 0 Å². The maximum absolute atomic E-state index is 12.4. The van der Waals surface area contributed by atoms with Crippen LogP contribution in [0.4, 0.5) is 0 Å². The van der Waals surface area contributed by atoms with E-state index in [1.807, 2.05) is 20.8 Å². The molecule has 0 bridgehead atoms. The van der Waals surface area contributed by atoms with Gasteiger partial charge in [-0.3, -0.25) is 4.79 Å². The minimum Gasteiger partial charge on any atom is -0.290 e. The molecule has 1 aliphatic carbocycles. The summed E-state index contributed by atoms with van der Waals surface area (Å²) in [4.78, 5) is 11.9. The molecule has 22 heavy (non-hydrogen) atoms. The Balaban J connectivity index is 2.52. The second-order valence-corrected chi connectivity index (χ2v) is 7.31. The molecule has 0 aromatic heterocycles. The molecule has 0 amide bonds. The number of aryl methyl sites for hydroxylation is 1. The molecule has 0 heterocycles. The molecule has 0 spiro atoms. The molecule has 1 aromatic carbocycles. The third-order valence-electron chi connectivity index (χ3n) is 3.48. The molecule has 116 valence electrons. The summed E-state index contributed by atoms with van der Waals surface area (Å²) < 4.78 is 28.8. The first-order chi connectivity index (χ1) is 10.2. The van der Waals surface area contributed by atoms with Gasteiger partial charge in [0, 0.05) is 0 Å². The number of allylic oxidation sites excluding steroid dienone is 4. The fraction of sp³-hybridized carbons (Fsp3) is 0.294. The number of rotatable bonds is 3. The van der Waals surface area contributed by atoms with Crippen LogP contribution >= 0.6 is 0 Å². The Morgan fingerprint density at radius 3 is 2.14 bits per heavy atom. The van der Waals surface area contributed by atoms with Gasteiger partial charge in [0.2, 0.25) is 0 Å². The summed E-state index contributed by atoms with van der Waals surface area (Å²) in [7, 11) is -3.79. The number of benzene rings is 1. The third kappa shape index (κ3) is 3.42. The average Bonchev–Trinajstić information content (AvgIpc) is 2.42. The van der Waals surface area contributed by atoms with Crippen LogP contribution in [0.3, 0.4) is 0 Å². The van der Waals surface area contributed by atoms with Gasteiger partial charge in [0.1, 0.15) is 0 Å². The molecule has 5 heteroatoms. The van der Waals surface area contributed by atoms with Crippen LogP contribution in [0.15, 0.2) is 56.9 Å². The van der Waals surface area contributed by atoms with Gasteiger partial charge >= 0.3 is 0 Å². The number of sulfonamides is 1. The Morgan fingerprint density at radius 1 is 1.00 bits per heavy atom. The van der Waals surface area contributed by atoms with Crippen molar-refractivity contribution >= 4 is 21.5 Å². The second-order valence-electron chi connectivity index (χ2n) is 5.71. The van der Waals surface area contributed by atoms with E-state index in [9.17, 15) is 13.2 Å². The van der Waals surface area contributed by atoms with Crippen LogP contribution in [-0.4, -0.2) is 19.9 Å². The fourth-order valence-corrected chi connectivity index (χ4v) is 3.12. The van der Waals surface area contributed by atoms with Gasteiger partial charge in [-0.2, -0.15) is 12.8 Å². The molecular weight excluding hydrogens is 298 g/mol.